The zero-order valence-electron chi connectivity index (χ0n) is 16.0. The fourth-order valence-corrected chi connectivity index (χ4v) is 3.49. The van der Waals surface area contributed by atoms with Crippen LogP contribution in [-0.4, -0.2) is 41.1 Å². The van der Waals surface area contributed by atoms with Crippen molar-refractivity contribution >= 4 is 17.2 Å². The maximum atomic E-state index is 14.1. The van der Waals surface area contributed by atoms with Crippen molar-refractivity contribution in [1.29, 1.82) is 0 Å². The summed E-state index contributed by atoms with van der Waals surface area (Å²) in [5.41, 5.74) is 2.01. The highest BCUT2D eigenvalue weighted by molar-refractivity contribution is 5.61. The molecular formula is C21H20FN5O2. The van der Waals surface area contributed by atoms with Gasteiger partial charge >= 0.3 is 0 Å². The molecule has 0 aliphatic carbocycles. The van der Waals surface area contributed by atoms with E-state index in [9.17, 15) is 14.5 Å². The summed E-state index contributed by atoms with van der Waals surface area (Å²) in [5.74, 6) is 1.01. The zero-order chi connectivity index (χ0) is 20.4. The highest BCUT2D eigenvalue weighted by atomic mass is 19.1. The molecule has 0 atom stereocenters. The molecule has 0 radical (unpaired) electrons. The van der Waals surface area contributed by atoms with Crippen molar-refractivity contribution in [1.82, 2.24) is 9.97 Å². The Balaban J connectivity index is 1.55. The molecule has 1 saturated heterocycles. The molecule has 3 aromatic rings. The van der Waals surface area contributed by atoms with Gasteiger partial charge in [0.25, 0.3) is 5.69 Å². The van der Waals surface area contributed by atoms with E-state index in [0.717, 1.165) is 11.5 Å². The summed E-state index contributed by atoms with van der Waals surface area (Å²) >= 11 is 0. The summed E-state index contributed by atoms with van der Waals surface area (Å²) in [6.45, 7) is 4.62. The normalized spacial score (nSPS) is 14.1. The van der Waals surface area contributed by atoms with Gasteiger partial charge < -0.3 is 9.80 Å². The summed E-state index contributed by atoms with van der Waals surface area (Å²) in [6.07, 6.45) is 0. The van der Waals surface area contributed by atoms with Crippen molar-refractivity contribution in [2.75, 3.05) is 36.0 Å². The first-order valence-electron chi connectivity index (χ1n) is 9.36. The Bertz CT molecular complexity index is 1050. The first-order valence-corrected chi connectivity index (χ1v) is 9.36. The molecule has 0 N–H and O–H groups in total. The van der Waals surface area contributed by atoms with Gasteiger partial charge in [0.15, 0.2) is 5.82 Å². The van der Waals surface area contributed by atoms with E-state index in [4.69, 9.17) is 0 Å². The third kappa shape index (κ3) is 4.01. The van der Waals surface area contributed by atoms with Gasteiger partial charge in [-0.3, -0.25) is 10.1 Å². The lowest BCUT2D eigenvalue weighted by molar-refractivity contribution is -0.384. The molecule has 1 fully saturated rings. The van der Waals surface area contributed by atoms with Crippen LogP contribution in [0.25, 0.3) is 11.4 Å². The maximum absolute atomic E-state index is 14.1. The van der Waals surface area contributed by atoms with E-state index in [1.807, 2.05) is 24.0 Å². The van der Waals surface area contributed by atoms with Crippen LogP contribution in [0, 0.1) is 22.9 Å². The smallest absolute Gasteiger partial charge is 0.270 e. The lowest BCUT2D eigenvalue weighted by Crippen LogP contribution is -2.47. The van der Waals surface area contributed by atoms with Crippen LogP contribution in [-0.2, 0) is 0 Å². The van der Waals surface area contributed by atoms with Crippen LogP contribution >= 0.6 is 0 Å². The number of rotatable bonds is 4. The largest absolute Gasteiger partial charge is 0.366 e. The Labute approximate surface area is 167 Å². The van der Waals surface area contributed by atoms with E-state index in [1.165, 1.54) is 18.2 Å². The molecule has 1 aromatic heterocycles. The van der Waals surface area contributed by atoms with Gasteiger partial charge in [-0.15, -0.1) is 0 Å². The molecular weight excluding hydrogens is 373 g/mol. The topological polar surface area (TPSA) is 75.4 Å². The van der Waals surface area contributed by atoms with Crippen LogP contribution in [0.3, 0.4) is 0 Å². The lowest BCUT2D eigenvalue weighted by Gasteiger charge is -2.37. The summed E-state index contributed by atoms with van der Waals surface area (Å²) in [7, 11) is 0. The number of para-hydroxylation sites is 1. The summed E-state index contributed by atoms with van der Waals surface area (Å²) in [4.78, 5) is 23.9. The van der Waals surface area contributed by atoms with Crippen molar-refractivity contribution in [3.63, 3.8) is 0 Å². The van der Waals surface area contributed by atoms with Gasteiger partial charge in [-0.2, -0.15) is 0 Å². The van der Waals surface area contributed by atoms with Crippen molar-refractivity contribution < 1.29 is 9.31 Å². The maximum Gasteiger partial charge on any atom is 0.270 e. The number of halogens is 1. The molecule has 1 aliphatic rings. The number of nitrogens with zero attached hydrogens (tertiary/aromatic N) is 5. The number of non-ortho nitro benzene ring substituents is 1. The number of hydrogen-bond acceptors (Lipinski definition) is 6. The first-order chi connectivity index (χ1) is 14.0. The van der Waals surface area contributed by atoms with Gasteiger partial charge in [-0.05, 0) is 19.1 Å². The minimum absolute atomic E-state index is 0.00709. The van der Waals surface area contributed by atoms with Gasteiger partial charge in [0.05, 0.1) is 10.6 Å². The average Bonchev–Trinajstić information content (AvgIpc) is 2.74. The summed E-state index contributed by atoms with van der Waals surface area (Å²) in [6, 6.07) is 15.0. The van der Waals surface area contributed by atoms with Crippen LogP contribution in [0.15, 0.2) is 54.6 Å². The molecule has 0 amide bonds. The SMILES string of the molecule is Cc1cc(N2CCN(c3ccccc3F)CC2)nc(-c2cccc([N+](=O)[O-])c2)n1. The van der Waals surface area contributed by atoms with Crippen LogP contribution in [0.5, 0.6) is 0 Å². The van der Waals surface area contributed by atoms with Gasteiger partial charge in [0.2, 0.25) is 0 Å². The number of nitro groups is 1. The second-order valence-electron chi connectivity index (χ2n) is 6.92. The quantitative estimate of drug-likeness (QED) is 0.495. The molecule has 0 spiro atoms. The second-order valence-corrected chi connectivity index (χ2v) is 6.92. The molecule has 2 aromatic carbocycles. The molecule has 0 saturated carbocycles. The number of nitro benzene ring substituents is 1. The predicted octanol–water partition coefficient (Wildman–Crippen LogP) is 3.83. The van der Waals surface area contributed by atoms with Gasteiger partial charge in [0.1, 0.15) is 11.6 Å². The molecule has 148 valence electrons. The van der Waals surface area contributed by atoms with Crippen molar-refractivity contribution in [2.45, 2.75) is 6.92 Å². The molecule has 1 aliphatic heterocycles. The Morgan fingerprint density at radius 1 is 0.966 bits per heavy atom. The van der Waals surface area contributed by atoms with Gasteiger partial charge in [0, 0.05) is 55.6 Å². The van der Waals surface area contributed by atoms with Crippen LogP contribution in [0.1, 0.15) is 5.69 Å². The van der Waals surface area contributed by atoms with E-state index in [-0.39, 0.29) is 11.5 Å². The number of aryl methyl sites for hydroxylation is 1. The fraction of sp³-hybridized carbons (Fsp3) is 0.238. The van der Waals surface area contributed by atoms with E-state index >= 15 is 0 Å². The van der Waals surface area contributed by atoms with Crippen LogP contribution < -0.4 is 9.80 Å². The predicted molar refractivity (Wildman–Crippen MR) is 110 cm³/mol. The monoisotopic (exact) mass is 393 g/mol. The molecule has 7 nitrogen and oxygen atoms in total. The number of piperazine rings is 1. The fourth-order valence-electron chi connectivity index (χ4n) is 3.49. The van der Waals surface area contributed by atoms with E-state index in [1.54, 1.807) is 24.3 Å². The highest BCUT2D eigenvalue weighted by Gasteiger charge is 2.21. The third-order valence-corrected chi connectivity index (χ3v) is 4.95. The Morgan fingerprint density at radius 3 is 2.41 bits per heavy atom. The van der Waals surface area contributed by atoms with E-state index in [0.29, 0.717) is 43.3 Å². The molecule has 0 unspecified atom stereocenters. The van der Waals surface area contributed by atoms with Gasteiger partial charge in [-0.25, -0.2) is 14.4 Å². The standard InChI is InChI=1S/C21H20FN5O2/c1-15-13-20(24-21(23-15)16-5-4-6-17(14-16)27(28)29)26-11-9-25(10-12-26)19-8-3-2-7-18(19)22/h2-8,13-14H,9-12H2,1H3. The van der Waals surface area contributed by atoms with Crippen molar-refractivity contribution in [3.05, 3.63) is 76.2 Å². The van der Waals surface area contributed by atoms with Gasteiger partial charge in [-0.1, -0.05) is 24.3 Å². The molecule has 2 heterocycles. The van der Waals surface area contributed by atoms with E-state index in [2.05, 4.69) is 14.9 Å². The van der Waals surface area contributed by atoms with Crippen molar-refractivity contribution in [2.24, 2.45) is 0 Å². The number of benzene rings is 2. The second kappa shape index (κ2) is 7.83. The minimum Gasteiger partial charge on any atom is -0.366 e. The zero-order valence-corrected chi connectivity index (χ0v) is 16.0. The Morgan fingerprint density at radius 2 is 1.69 bits per heavy atom. The first kappa shape index (κ1) is 18.8. The molecule has 4 rings (SSSR count). The average molecular weight is 393 g/mol. The molecule has 0 bridgehead atoms. The number of hydrogen-bond donors (Lipinski definition) is 0. The van der Waals surface area contributed by atoms with E-state index < -0.39 is 4.92 Å². The lowest BCUT2D eigenvalue weighted by atomic mass is 10.2. The number of anilines is 2. The van der Waals surface area contributed by atoms with Crippen molar-refractivity contribution in [3.8, 4) is 11.4 Å². The number of aromatic nitrogens is 2. The Hall–Kier alpha value is -3.55. The minimum atomic E-state index is -0.428. The summed E-state index contributed by atoms with van der Waals surface area (Å²) in [5, 5.41) is 11.1. The molecule has 29 heavy (non-hydrogen) atoms. The summed E-state index contributed by atoms with van der Waals surface area (Å²) < 4.78 is 14.1. The molecule has 8 heteroatoms. The third-order valence-electron chi connectivity index (χ3n) is 4.95. The van der Waals surface area contributed by atoms with Crippen LogP contribution in [0.2, 0.25) is 0 Å². The highest BCUT2D eigenvalue weighted by Crippen LogP contribution is 2.26. The van der Waals surface area contributed by atoms with Crippen LogP contribution in [0.4, 0.5) is 21.6 Å². The Kier molecular flexibility index (Phi) is 5.07.